The van der Waals surface area contributed by atoms with Gasteiger partial charge in [-0.15, -0.1) is 6.58 Å². The predicted molar refractivity (Wildman–Crippen MR) is 85.4 cm³/mol. The first-order chi connectivity index (χ1) is 10.2. The van der Waals surface area contributed by atoms with E-state index in [1.807, 2.05) is 6.07 Å². The molecule has 0 aliphatic carbocycles. The first kappa shape index (κ1) is 16.8. The van der Waals surface area contributed by atoms with E-state index in [9.17, 15) is 9.59 Å². The third-order valence-electron chi connectivity index (χ3n) is 2.84. The highest BCUT2D eigenvalue weighted by Crippen LogP contribution is 2.10. The van der Waals surface area contributed by atoms with Crippen LogP contribution in [0.2, 0.25) is 0 Å². The van der Waals surface area contributed by atoms with Crippen LogP contribution < -0.4 is 16.0 Å². The number of rotatable bonds is 9. The first-order valence-electron chi connectivity index (χ1n) is 7.17. The van der Waals surface area contributed by atoms with Gasteiger partial charge >= 0.3 is 0 Å². The summed E-state index contributed by atoms with van der Waals surface area (Å²) in [6, 6.07) is 7.11. The van der Waals surface area contributed by atoms with Gasteiger partial charge in [0.1, 0.15) is 0 Å². The number of unbranched alkanes of at least 4 members (excludes halogenated alkanes) is 1. The van der Waals surface area contributed by atoms with Crippen molar-refractivity contribution in [2.24, 2.45) is 0 Å². The van der Waals surface area contributed by atoms with E-state index in [2.05, 4.69) is 29.5 Å². The van der Waals surface area contributed by atoms with Crippen molar-refractivity contribution in [3.8, 4) is 0 Å². The summed E-state index contributed by atoms with van der Waals surface area (Å²) in [5.74, 6) is -0.212. The van der Waals surface area contributed by atoms with Crippen molar-refractivity contribution in [1.82, 2.24) is 10.6 Å². The first-order valence-corrected chi connectivity index (χ1v) is 7.17. The van der Waals surface area contributed by atoms with Crippen LogP contribution in [0.5, 0.6) is 0 Å². The number of carbonyl (C=O) groups is 2. The van der Waals surface area contributed by atoms with Gasteiger partial charge in [-0.25, -0.2) is 0 Å². The summed E-state index contributed by atoms with van der Waals surface area (Å²) in [5, 5.41) is 8.53. The molecule has 0 unspecified atom stereocenters. The van der Waals surface area contributed by atoms with Crippen molar-refractivity contribution in [3.63, 3.8) is 0 Å². The van der Waals surface area contributed by atoms with E-state index in [1.54, 1.807) is 24.3 Å². The highest BCUT2D eigenvalue weighted by molar-refractivity contribution is 5.95. The summed E-state index contributed by atoms with van der Waals surface area (Å²) < 4.78 is 0. The van der Waals surface area contributed by atoms with Crippen molar-refractivity contribution in [3.05, 3.63) is 42.5 Å². The van der Waals surface area contributed by atoms with Crippen molar-refractivity contribution in [1.29, 1.82) is 0 Å². The van der Waals surface area contributed by atoms with Gasteiger partial charge in [-0.05, 0) is 24.6 Å². The third kappa shape index (κ3) is 6.61. The second-order valence-corrected chi connectivity index (χ2v) is 4.64. The Bertz CT molecular complexity index is 486. The largest absolute Gasteiger partial charge is 0.376 e. The van der Waals surface area contributed by atoms with E-state index in [1.165, 1.54) is 0 Å². The van der Waals surface area contributed by atoms with Gasteiger partial charge in [0.15, 0.2) is 0 Å². The Kier molecular flexibility index (Phi) is 7.64. The fraction of sp³-hybridized carbons (Fsp3) is 0.375. The molecule has 0 atom stereocenters. The Morgan fingerprint density at radius 3 is 2.81 bits per heavy atom. The lowest BCUT2D eigenvalue weighted by Gasteiger charge is -2.09. The number of carbonyl (C=O) groups excluding carboxylic acids is 2. The maximum Gasteiger partial charge on any atom is 0.251 e. The molecule has 21 heavy (non-hydrogen) atoms. The normalized spacial score (nSPS) is 9.76. The molecule has 0 radical (unpaired) electrons. The molecule has 3 N–H and O–H groups in total. The van der Waals surface area contributed by atoms with Gasteiger partial charge in [0, 0.05) is 24.3 Å². The van der Waals surface area contributed by atoms with Crippen LogP contribution in [-0.2, 0) is 4.79 Å². The molecule has 0 aliphatic heterocycles. The standard InChI is InChI=1S/C16H23N3O2/c1-3-5-10-18-16(21)13-7-6-8-14(11-13)19-12-15(20)17-9-4-2/h4,6-8,11,19H,2-3,5,9-10,12H2,1H3,(H,17,20)(H,18,21). The molecule has 0 spiro atoms. The number of nitrogens with one attached hydrogen (secondary N) is 3. The maximum atomic E-state index is 11.9. The number of hydrogen-bond acceptors (Lipinski definition) is 3. The zero-order valence-corrected chi connectivity index (χ0v) is 12.4. The smallest absolute Gasteiger partial charge is 0.251 e. The molecule has 0 heterocycles. The zero-order chi connectivity index (χ0) is 15.5. The number of anilines is 1. The molecule has 0 aliphatic rings. The van der Waals surface area contributed by atoms with Gasteiger partial charge in [-0.3, -0.25) is 9.59 Å². The van der Waals surface area contributed by atoms with E-state index in [-0.39, 0.29) is 18.4 Å². The fourth-order valence-electron chi connectivity index (χ4n) is 1.68. The molecular weight excluding hydrogens is 266 g/mol. The quantitative estimate of drug-likeness (QED) is 0.480. The minimum absolute atomic E-state index is 0.0943. The van der Waals surface area contributed by atoms with Gasteiger partial charge in [0.05, 0.1) is 6.54 Å². The van der Waals surface area contributed by atoms with Crippen LogP contribution in [0.3, 0.4) is 0 Å². The molecule has 114 valence electrons. The summed E-state index contributed by atoms with van der Waals surface area (Å²) in [7, 11) is 0. The van der Waals surface area contributed by atoms with Gasteiger partial charge in [0.25, 0.3) is 5.91 Å². The molecule has 1 rings (SSSR count). The van der Waals surface area contributed by atoms with E-state index in [0.717, 1.165) is 18.5 Å². The van der Waals surface area contributed by atoms with Crippen LogP contribution in [0.4, 0.5) is 5.69 Å². The molecule has 0 saturated heterocycles. The topological polar surface area (TPSA) is 70.2 Å². The second kappa shape index (κ2) is 9.58. The minimum atomic E-state index is -0.118. The lowest BCUT2D eigenvalue weighted by atomic mass is 10.2. The average molecular weight is 289 g/mol. The third-order valence-corrected chi connectivity index (χ3v) is 2.84. The highest BCUT2D eigenvalue weighted by atomic mass is 16.2. The van der Waals surface area contributed by atoms with Crippen molar-refractivity contribution >= 4 is 17.5 Å². The van der Waals surface area contributed by atoms with E-state index in [0.29, 0.717) is 18.7 Å². The summed E-state index contributed by atoms with van der Waals surface area (Å²) in [4.78, 5) is 23.4. The minimum Gasteiger partial charge on any atom is -0.376 e. The predicted octanol–water partition coefficient (Wildman–Crippen LogP) is 1.93. The van der Waals surface area contributed by atoms with Gasteiger partial charge in [0.2, 0.25) is 5.91 Å². The number of amides is 2. The van der Waals surface area contributed by atoms with Crippen LogP contribution in [0.15, 0.2) is 36.9 Å². The van der Waals surface area contributed by atoms with Gasteiger partial charge < -0.3 is 16.0 Å². The molecule has 0 bridgehead atoms. The zero-order valence-electron chi connectivity index (χ0n) is 12.4. The second-order valence-electron chi connectivity index (χ2n) is 4.64. The number of benzene rings is 1. The molecule has 0 fully saturated rings. The summed E-state index contributed by atoms with van der Waals surface area (Å²) in [5.41, 5.74) is 1.33. The SMILES string of the molecule is C=CCNC(=O)CNc1cccc(C(=O)NCCCC)c1. The van der Waals surface area contributed by atoms with Crippen LogP contribution >= 0.6 is 0 Å². The Labute approximate surface area is 125 Å². The molecule has 0 aromatic heterocycles. The molecule has 1 aromatic carbocycles. The molecule has 5 nitrogen and oxygen atoms in total. The van der Waals surface area contributed by atoms with Crippen LogP contribution in [0.1, 0.15) is 30.1 Å². The Morgan fingerprint density at radius 1 is 1.29 bits per heavy atom. The Morgan fingerprint density at radius 2 is 2.10 bits per heavy atom. The monoisotopic (exact) mass is 289 g/mol. The highest BCUT2D eigenvalue weighted by Gasteiger charge is 2.06. The van der Waals surface area contributed by atoms with Crippen molar-refractivity contribution < 1.29 is 9.59 Å². The van der Waals surface area contributed by atoms with Gasteiger partial charge in [-0.1, -0.05) is 25.5 Å². The summed E-state index contributed by atoms with van der Waals surface area (Å²) in [6.45, 7) is 6.89. The van der Waals surface area contributed by atoms with Crippen LogP contribution in [0.25, 0.3) is 0 Å². The fourth-order valence-corrected chi connectivity index (χ4v) is 1.68. The van der Waals surface area contributed by atoms with Crippen LogP contribution in [-0.4, -0.2) is 31.4 Å². The summed E-state index contributed by atoms with van der Waals surface area (Å²) >= 11 is 0. The molecular formula is C16H23N3O2. The van der Waals surface area contributed by atoms with Crippen LogP contribution in [0, 0.1) is 0 Å². The van der Waals surface area contributed by atoms with Gasteiger partial charge in [-0.2, -0.15) is 0 Å². The Hall–Kier alpha value is -2.30. The Balaban J connectivity index is 2.49. The lowest BCUT2D eigenvalue weighted by molar-refractivity contribution is -0.119. The van der Waals surface area contributed by atoms with E-state index >= 15 is 0 Å². The van der Waals surface area contributed by atoms with E-state index < -0.39 is 0 Å². The summed E-state index contributed by atoms with van der Waals surface area (Å²) in [6.07, 6.45) is 3.63. The average Bonchev–Trinajstić information content (AvgIpc) is 2.51. The molecule has 2 amide bonds. The van der Waals surface area contributed by atoms with Crippen molar-refractivity contribution in [2.75, 3.05) is 25.0 Å². The van der Waals surface area contributed by atoms with Crippen molar-refractivity contribution in [2.45, 2.75) is 19.8 Å². The lowest BCUT2D eigenvalue weighted by Crippen LogP contribution is -2.30. The molecule has 0 saturated carbocycles. The molecule has 5 heteroatoms. The maximum absolute atomic E-state index is 11.9. The number of hydrogen-bond donors (Lipinski definition) is 3. The van der Waals surface area contributed by atoms with E-state index in [4.69, 9.17) is 0 Å². The molecule has 1 aromatic rings.